The number of hydrogen-bond donors (Lipinski definition) is 2. The van der Waals surface area contributed by atoms with Gasteiger partial charge in [0.05, 0.1) is 37.7 Å². The number of hydrogen-bond acceptors (Lipinski definition) is 9. The van der Waals surface area contributed by atoms with Gasteiger partial charge in [0.2, 0.25) is 5.95 Å². The minimum Gasteiger partial charge on any atom is -0.443 e. The van der Waals surface area contributed by atoms with Crippen molar-refractivity contribution in [2.24, 2.45) is 0 Å². The summed E-state index contributed by atoms with van der Waals surface area (Å²) in [6.45, 7) is 9.99. The number of anilines is 6. The Hall–Kier alpha value is -4.64. The van der Waals surface area contributed by atoms with Crippen molar-refractivity contribution in [3.8, 4) is 0 Å². The fourth-order valence-electron chi connectivity index (χ4n) is 5.31. The van der Waals surface area contributed by atoms with Crippen LogP contribution in [0, 0.1) is 6.92 Å². The first-order valence-corrected chi connectivity index (χ1v) is 14.1. The van der Waals surface area contributed by atoms with Gasteiger partial charge in [-0.1, -0.05) is 18.2 Å². The molecule has 0 radical (unpaired) electrons. The Balaban J connectivity index is 1.40. The summed E-state index contributed by atoms with van der Waals surface area (Å²) in [5.41, 5.74) is 4.73. The van der Waals surface area contributed by atoms with Gasteiger partial charge in [0.1, 0.15) is 16.9 Å². The summed E-state index contributed by atoms with van der Waals surface area (Å²) in [6.07, 6.45) is 1.26. The zero-order chi connectivity index (χ0) is 29.4. The highest BCUT2D eigenvalue weighted by Crippen LogP contribution is 2.36. The lowest BCUT2D eigenvalue weighted by Crippen LogP contribution is -2.39. The van der Waals surface area contributed by atoms with Crippen molar-refractivity contribution in [2.75, 3.05) is 53.3 Å². The molecule has 0 saturated carbocycles. The van der Waals surface area contributed by atoms with Gasteiger partial charge >= 0.3 is 6.09 Å². The van der Waals surface area contributed by atoms with E-state index in [-0.39, 0.29) is 31.9 Å². The number of aryl methyl sites for hydroxylation is 1. The fraction of sp³-hybridized carbons (Fsp3) is 0.355. The van der Waals surface area contributed by atoms with E-state index in [0.29, 0.717) is 41.7 Å². The van der Waals surface area contributed by atoms with Crippen LogP contribution in [-0.4, -0.2) is 59.1 Å². The predicted octanol–water partition coefficient (Wildman–Crippen LogP) is 5.18. The number of rotatable bonds is 1. The van der Waals surface area contributed by atoms with Crippen LogP contribution in [0.4, 0.5) is 39.2 Å². The maximum Gasteiger partial charge on any atom is 0.414 e. The van der Waals surface area contributed by atoms with E-state index in [4.69, 9.17) is 14.5 Å². The molecule has 0 aliphatic carbocycles. The van der Waals surface area contributed by atoms with Crippen LogP contribution in [-0.2, 0) is 16.0 Å². The van der Waals surface area contributed by atoms with Gasteiger partial charge in [-0.2, -0.15) is 4.98 Å². The number of nitrogens with zero attached hydrogens (tertiary/aromatic N) is 5. The molecule has 2 aromatic carbocycles. The van der Waals surface area contributed by atoms with Crippen molar-refractivity contribution in [1.82, 2.24) is 14.5 Å². The Labute approximate surface area is 244 Å². The normalized spacial score (nSPS) is 15.4. The number of nitrogens with one attached hydrogen (secondary N) is 2. The number of amides is 1. The molecule has 2 aliphatic heterocycles. The Morgan fingerprint density at radius 1 is 1.02 bits per heavy atom. The van der Waals surface area contributed by atoms with Crippen LogP contribution >= 0.6 is 0 Å². The Kier molecular flexibility index (Phi) is 7.19. The quantitative estimate of drug-likeness (QED) is 0.320. The second kappa shape index (κ2) is 11.0. The smallest absolute Gasteiger partial charge is 0.414 e. The average Bonchev–Trinajstić information content (AvgIpc) is 2.94. The third-order valence-corrected chi connectivity index (χ3v) is 7.22. The van der Waals surface area contributed by atoms with Gasteiger partial charge in [-0.15, -0.1) is 0 Å². The molecule has 0 atom stereocenters. The molecule has 218 valence electrons. The number of carbonyl (C=O) groups excluding carboxylic acids is 1. The second-order valence-electron chi connectivity index (χ2n) is 11.4. The van der Waals surface area contributed by atoms with E-state index in [2.05, 4.69) is 33.5 Å². The zero-order valence-electron chi connectivity index (χ0n) is 24.3. The van der Waals surface area contributed by atoms with Crippen molar-refractivity contribution in [3.63, 3.8) is 0 Å². The summed E-state index contributed by atoms with van der Waals surface area (Å²) in [6, 6.07) is 15.4. The van der Waals surface area contributed by atoms with Gasteiger partial charge in [0.25, 0.3) is 5.56 Å². The lowest BCUT2D eigenvalue weighted by atomic mass is 10.1. The maximum atomic E-state index is 14.1. The van der Waals surface area contributed by atoms with Crippen molar-refractivity contribution >= 4 is 51.5 Å². The maximum absolute atomic E-state index is 14.1. The highest BCUT2D eigenvalue weighted by atomic mass is 16.6. The summed E-state index contributed by atoms with van der Waals surface area (Å²) in [4.78, 5) is 40.1. The van der Waals surface area contributed by atoms with E-state index in [0.717, 1.165) is 22.3 Å². The van der Waals surface area contributed by atoms with Crippen molar-refractivity contribution in [1.29, 1.82) is 0 Å². The molecular formula is C31H35N7O4. The third kappa shape index (κ3) is 5.47. The molecule has 0 fully saturated rings. The summed E-state index contributed by atoms with van der Waals surface area (Å²) in [5.74, 6) is 0.338. The fourth-order valence-corrected chi connectivity index (χ4v) is 5.31. The number of pyridine rings is 1. The van der Waals surface area contributed by atoms with Gasteiger partial charge < -0.3 is 25.0 Å². The lowest BCUT2D eigenvalue weighted by Gasteiger charge is -2.33. The standard InChI is InChI=1S/C31H35N7O4/c1-20-7-5-10-24-26(20)32-11-12-37(24)25-17-21-19-33-29-34-22-8-6-9-23(18-22)36(30(40)42-31(2,3)4)13-15-41-16-14-38(28(25)39)27(21)35-29/h5-10,17-19,32H,11-16H2,1-4H3,(H,33,34,35). The van der Waals surface area contributed by atoms with Gasteiger partial charge in [-0.3, -0.25) is 14.3 Å². The van der Waals surface area contributed by atoms with Crippen LogP contribution in [0.3, 0.4) is 0 Å². The Morgan fingerprint density at radius 2 is 1.83 bits per heavy atom. The molecule has 2 aromatic heterocycles. The van der Waals surface area contributed by atoms with Crippen molar-refractivity contribution in [2.45, 2.75) is 39.8 Å². The molecule has 0 saturated heterocycles. The molecule has 4 aromatic rings. The number of fused-ring (bicyclic) bond motifs is 4. The molecule has 2 aliphatic rings. The van der Waals surface area contributed by atoms with E-state index in [9.17, 15) is 9.59 Å². The second-order valence-corrected chi connectivity index (χ2v) is 11.4. The first-order valence-electron chi connectivity index (χ1n) is 14.1. The molecule has 6 rings (SSSR count). The van der Waals surface area contributed by atoms with E-state index in [1.165, 1.54) is 0 Å². The highest BCUT2D eigenvalue weighted by Gasteiger charge is 2.26. The topological polar surface area (TPSA) is 114 Å². The first-order chi connectivity index (χ1) is 20.2. The van der Waals surface area contributed by atoms with E-state index >= 15 is 0 Å². The monoisotopic (exact) mass is 569 g/mol. The zero-order valence-corrected chi connectivity index (χ0v) is 24.3. The van der Waals surface area contributed by atoms with E-state index in [1.807, 2.05) is 63.2 Å². The summed E-state index contributed by atoms with van der Waals surface area (Å²) >= 11 is 0. The molecule has 11 heteroatoms. The van der Waals surface area contributed by atoms with Crippen LogP contribution in [0.25, 0.3) is 11.0 Å². The number of aromatic nitrogens is 3. The van der Waals surface area contributed by atoms with Gasteiger partial charge in [-0.05, 0) is 63.6 Å². The molecule has 0 unspecified atom stereocenters. The lowest BCUT2D eigenvalue weighted by molar-refractivity contribution is 0.0558. The molecule has 42 heavy (non-hydrogen) atoms. The van der Waals surface area contributed by atoms with Gasteiger partial charge in [0.15, 0.2) is 0 Å². The van der Waals surface area contributed by atoms with Gasteiger partial charge in [-0.25, -0.2) is 9.78 Å². The molecular weight excluding hydrogens is 534 g/mol. The van der Waals surface area contributed by atoms with E-state index in [1.54, 1.807) is 15.7 Å². The number of carbonyl (C=O) groups is 1. The number of benzene rings is 2. The largest absolute Gasteiger partial charge is 0.443 e. The molecule has 2 N–H and O–H groups in total. The summed E-state index contributed by atoms with van der Waals surface area (Å²) in [5, 5.41) is 7.46. The summed E-state index contributed by atoms with van der Waals surface area (Å²) < 4.78 is 13.3. The SMILES string of the molecule is Cc1cccc2c1NCCN2c1cc2cnc3nc2n(c1=O)CCOCCN(C(=O)OC(C)(C)C)c1cccc(c1)N3. The molecule has 4 heterocycles. The van der Waals surface area contributed by atoms with Crippen LogP contribution < -0.4 is 26.0 Å². The van der Waals surface area contributed by atoms with Gasteiger partial charge in [0, 0.05) is 36.0 Å². The summed E-state index contributed by atoms with van der Waals surface area (Å²) in [7, 11) is 0. The third-order valence-electron chi connectivity index (χ3n) is 7.22. The predicted molar refractivity (Wildman–Crippen MR) is 165 cm³/mol. The minimum absolute atomic E-state index is 0.158. The Bertz CT molecular complexity index is 1710. The molecule has 0 spiro atoms. The number of ether oxygens (including phenoxy) is 2. The highest BCUT2D eigenvalue weighted by molar-refractivity contribution is 5.89. The number of para-hydroxylation sites is 1. The average molecular weight is 570 g/mol. The first kappa shape index (κ1) is 27.5. The van der Waals surface area contributed by atoms with Crippen LogP contribution in [0.2, 0.25) is 0 Å². The van der Waals surface area contributed by atoms with Crippen LogP contribution in [0.5, 0.6) is 0 Å². The van der Waals surface area contributed by atoms with Crippen molar-refractivity contribution < 1.29 is 14.3 Å². The molecule has 4 bridgehead atoms. The van der Waals surface area contributed by atoms with E-state index < -0.39 is 11.7 Å². The molecule has 1 amide bonds. The van der Waals surface area contributed by atoms with Crippen molar-refractivity contribution in [3.05, 3.63) is 70.6 Å². The minimum atomic E-state index is -0.650. The Morgan fingerprint density at radius 3 is 2.67 bits per heavy atom. The van der Waals surface area contributed by atoms with Crippen LogP contribution in [0.1, 0.15) is 26.3 Å². The molecule has 11 nitrogen and oxygen atoms in total. The van der Waals surface area contributed by atoms with Crippen LogP contribution in [0.15, 0.2) is 59.5 Å².